The van der Waals surface area contributed by atoms with E-state index in [1.54, 1.807) is 0 Å². The smallest absolute Gasteiger partial charge is 0.0495 e. The molecule has 0 aliphatic carbocycles. The molecule has 23 heavy (non-hydrogen) atoms. The van der Waals surface area contributed by atoms with Crippen molar-refractivity contribution in [3.8, 4) is 0 Å². The van der Waals surface area contributed by atoms with E-state index in [0.29, 0.717) is 12.5 Å². The molecule has 2 aromatic carbocycles. The maximum absolute atomic E-state index is 6.14. The molecule has 1 unspecified atom stereocenters. The van der Waals surface area contributed by atoms with Gasteiger partial charge in [0.25, 0.3) is 0 Å². The SMILES string of the molecule is Cc1cc(C)cc(CC(CN)c2cn(C)c3cc(Cl)ccc23)c1. The van der Waals surface area contributed by atoms with Crippen LogP contribution in [-0.4, -0.2) is 11.1 Å². The quantitative estimate of drug-likeness (QED) is 0.738. The summed E-state index contributed by atoms with van der Waals surface area (Å²) < 4.78 is 2.14. The molecule has 2 nitrogen and oxygen atoms in total. The van der Waals surface area contributed by atoms with Crippen LogP contribution in [0, 0.1) is 13.8 Å². The molecule has 0 fully saturated rings. The topological polar surface area (TPSA) is 30.9 Å². The van der Waals surface area contributed by atoms with Crippen molar-refractivity contribution in [2.75, 3.05) is 6.54 Å². The maximum atomic E-state index is 6.14. The van der Waals surface area contributed by atoms with Crippen LogP contribution < -0.4 is 5.73 Å². The van der Waals surface area contributed by atoms with Crippen LogP contribution in [0.1, 0.15) is 28.2 Å². The second kappa shape index (κ2) is 6.38. The highest BCUT2D eigenvalue weighted by Gasteiger charge is 2.17. The number of hydrogen-bond donors (Lipinski definition) is 1. The monoisotopic (exact) mass is 326 g/mol. The first kappa shape index (κ1) is 16.1. The van der Waals surface area contributed by atoms with E-state index in [9.17, 15) is 0 Å². The Bertz CT molecular complexity index is 828. The Morgan fingerprint density at radius 3 is 2.43 bits per heavy atom. The van der Waals surface area contributed by atoms with Crippen LogP contribution in [0.25, 0.3) is 10.9 Å². The van der Waals surface area contributed by atoms with Crippen molar-refractivity contribution in [2.24, 2.45) is 12.8 Å². The molecule has 120 valence electrons. The Balaban J connectivity index is 2.01. The van der Waals surface area contributed by atoms with Crippen LogP contribution >= 0.6 is 11.6 Å². The number of nitrogens with two attached hydrogens (primary N) is 1. The largest absolute Gasteiger partial charge is 0.350 e. The van der Waals surface area contributed by atoms with Crippen molar-refractivity contribution in [1.29, 1.82) is 0 Å². The number of hydrogen-bond acceptors (Lipinski definition) is 1. The lowest BCUT2D eigenvalue weighted by Gasteiger charge is -2.15. The highest BCUT2D eigenvalue weighted by molar-refractivity contribution is 6.31. The molecule has 0 saturated heterocycles. The zero-order valence-electron chi connectivity index (χ0n) is 13.9. The standard InChI is InChI=1S/C20H23ClN2/c1-13-6-14(2)8-15(7-13)9-16(11-22)19-12-23(3)20-10-17(21)4-5-18(19)20/h4-8,10,12,16H,9,11,22H2,1-3H3. The number of halogens is 1. The van der Waals surface area contributed by atoms with Crippen molar-refractivity contribution >= 4 is 22.5 Å². The van der Waals surface area contributed by atoms with Gasteiger partial charge in [-0.25, -0.2) is 0 Å². The predicted octanol–water partition coefficient (Wildman–Crippen LogP) is 4.73. The molecule has 0 aliphatic heterocycles. The second-order valence-electron chi connectivity index (χ2n) is 6.49. The van der Waals surface area contributed by atoms with Crippen molar-refractivity contribution in [2.45, 2.75) is 26.2 Å². The lowest BCUT2D eigenvalue weighted by atomic mass is 9.90. The molecule has 1 aromatic heterocycles. The summed E-state index contributed by atoms with van der Waals surface area (Å²) in [6.45, 7) is 4.93. The van der Waals surface area contributed by atoms with Gasteiger partial charge in [0, 0.05) is 35.1 Å². The zero-order chi connectivity index (χ0) is 16.6. The molecule has 3 heteroatoms. The summed E-state index contributed by atoms with van der Waals surface area (Å²) in [5.41, 5.74) is 12.6. The molecule has 0 saturated carbocycles. The number of nitrogens with zero attached hydrogens (tertiary/aromatic N) is 1. The summed E-state index contributed by atoms with van der Waals surface area (Å²) in [6, 6.07) is 12.8. The second-order valence-corrected chi connectivity index (χ2v) is 6.93. The molecular formula is C20H23ClN2. The third-order valence-corrected chi connectivity index (χ3v) is 4.71. The lowest BCUT2D eigenvalue weighted by Crippen LogP contribution is -2.15. The van der Waals surface area contributed by atoms with Crippen LogP contribution in [0.2, 0.25) is 5.02 Å². The fraction of sp³-hybridized carbons (Fsp3) is 0.300. The van der Waals surface area contributed by atoms with Gasteiger partial charge in [-0.15, -0.1) is 0 Å². The molecule has 0 bridgehead atoms. The Morgan fingerprint density at radius 1 is 1.09 bits per heavy atom. The van der Waals surface area contributed by atoms with Crippen LogP contribution in [0.15, 0.2) is 42.6 Å². The first-order valence-electron chi connectivity index (χ1n) is 7.99. The highest BCUT2D eigenvalue weighted by Crippen LogP contribution is 2.31. The Morgan fingerprint density at radius 2 is 1.78 bits per heavy atom. The Hall–Kier alpha value is -1.77. The van der Waals surface area contributed by atoms with Gasteiger partial charge in [0.15, 0.2) is 0 Å². The highest BCUT2D eigenvalue weighted by atomic mass is 35.5. The van der Waals surface area contributed by atoms with Crippen molar-refractivity contribution in [1.82, 2.24) is 4.57 Å². The van der Waals surface area contributed by atoms with Gasteiger partial charge in [0.2, 0.25) is 0 Å². The third kappa shape index (κ3) is 3.29. The zero-order valence-corrected chi connectivity index (χ0v) is 14.7. The minimum absolute atomic E-state index is 0.307. The summed E-state index contributed by atoms with van der Waals surface area (Å²) >= 11 is 6.14. The molecule has 1 heterocycles. The van der Waals surface area contributed by atoms with E-state index in [1.807, 2.05) is 12.1 Å². The van der Waals surface area contributed by atoms with Crippen LogP contribution in [0.5, 0.6) is 0 Å². The van der Waals surface area contributed by atoms with E-state index in [1.165, 1.54) is 27.6 Å². The van der Waals surface area contributed by atoms with Crippen LogP contribution in [-0.2, 0) is 13.5 Å². The average molecular weight is 327 g/mol. The summed E-state index contributed by atoms with van der Waals surface area (Å²) in [5, 5.41) is 2.01. The normalized spacial score (nSPS) is 12.7. The minimum Gasteiger partial charge on any atom is -0.350 e. The third-order valence-electron chi connectivity index (χ3n) is 4.47. The Kier molecular flexibility index (Phi) is 4.47. The van der Waals surface area contributed by atoms with Gasteiger partial charge in [0.05, 0.1) is 0 Å². The van der Waals surface area contributed by atoms with E-state index < -0.39 is 0 Å². The van der Waals surface area contributed by atoms with Gasteiger partial charge in [-0.2, -0.15) is 0 Å². The molecule has 1 atom stereocenters. The molecule has 0 aliphatic rings. The first-order valence-corrected chi connectivity index (χ1v) is 8.37. The number of fused-ring (bicyclic) bond motifs is 1. The molecular weight excluding hydrogens is 304 g/mol. The van der Waals surface area contributed by atoms with E-state index in [-0.39, 0.29) is 0 Å². The molecule has 0 radical (unpaired) electrons. The number of rotatable bonds is 4. The molecule has 0 amide bonds. The first-order chi connectivity index (χ1) is 11.0. The van der Waals surface area contributed by atoms with Crippen molar-refractivity contribution in [3.05, 3.63) is 69.9 Å². The van der Waals surface area contributed by atoms with Gasteiger partial charge in [-0.3, -0.25) is 0 Å². The lowest BCUT2D eigenvalue weighted by molar-refractivity contribution is 0.695. The summed E-state index contributed by atoms with van der Waals surface area (Å²) in [4.78, 5) is 0. The van der Waals surface area contributed by atoms with Crippen molar-refractivity contribution < 1.29 is 0 Å². The van der Waals surface area contributed by atoms with E-state index in [2.05, 4.69) is 55.9 Å². The maximum Gasteiger partial charge on any atom is 0.0495 e. The molecule has 3 rings (SSSR count). The molecule has 2 N–H and O–H groups in total. The van der Waals surface area contributed by atoms with Gasteiger partial charge in [0.1, 0.15) is 0 Å². The number of aromatic nitrogens is 1. The van der Waals surface area contributed by atoms with Crippen molar-refractivity contribution in [3.63, 3.8) is 0 Å². The van der Waals surface area contributed by atoms with Crippen LogP contribution in [0.4, 0.5) is 0 Å². The Labute approximate surface area is 142 Å². The van der Waals surface area contributed by atoms with E-state index >= 15 is 0 Å². The number of aryl methyl sites for hydroxylation is 3. The summed E-state index contributed by atoms with van der Waals surface area (Å²) in [6.07, 6.45) is 3.15. The fourth-order valence-electron chi connectivity index (χ4n) is 3.51. The summed E-state index contributed by atoms with van der Waals surface area (Å²) in [5.74, 6) is 0.307. The summed E-state index contributed by atoms with van der Waals surface area (Å²) in [7, 11) is 2.06. The van der Waals surface area contributed by atoms with E-state index in [0.717, 1.165) is 17.0 Å². The van der Waals surface area contributed by atoms with Gasteiger partial charge in [-0.1, -0.05) is 47.0 Å². The van der Waals surface area contributed by atoms with Gasteiger partial charge in [-0.05, 0) is 50.1 Å². The molecule has 0 spiro atoms. The van der Waals surface area contributed by atoms with Crippen LogP contribution in [0.3, 0.4) is 0 Å². The van der Waals surface area contributed by atoms with Gasteiger partial charge < -0.3 is 10.3 Å². The van der Waals surface area contributed by atoms with E-state index in [4.69, 9.17) is 17.3 Å². The minimum atomic E-state index is 0.307. The fourth-order valence-corrected chi connectivity index (χ4v) is 3.67. The number of benzene rings is 2. The predicted molar refractivity (Wildman–Crippen MR) is 99.3 cm³/mol. The average Bonchev–Trinajstić information content (AvgIpc) is 2.80. The van der Waals surface area contributed by atoms with Gasteiger partial charge >= 0.3 is 0 Å². The molecule has 3 aromatic rings.